The van der Waals surface area contributed by atoms with Gasteiger partial charge in [0, 0.05) is 56.2 Å². The van der Waals surface area contributed by atoms with Crippen molar-refractivity contribution >= 4 is 34.9 Å². The lowest BCUT2D eigenvalue weighted by atomic mass is 10.1. The number of nitrogens with one attached hydrogen (secondary N) is 2. The number of anilines is 3. The molecule has 10 heteroatoms. The van der Waals surface area contributed by atoms with Gasteiger partial charge in [-0.25, -0.2) is 13.6 Å². The smallest absolute Gasteiger partial charge is 0.321 e. The van der Waals surface area contributed by atoms with Crippen LogP contribution >= 0.6 is 0 Å². The topological polar surface area (TPSA) is 85.0 Å². The van der Waals surface area contributed by atoms with Gasteiger partial charge >= 0.3 is 6.03 Å². The summed E-state index contributed by atoms with van der Waals surface area (Å²) in [6.45, 7) is 6.71. The molecular formula is C30H33F2N5O3. The molecule has 0 saturated carbocycles. The molecule has 2 N–H and O–H groups in total. The highest BCUT2D eigenvalue weighted by atomic mass is 19.1. The number of nitrogens with zero attached hydrogens (tertiary/aromatic N) is 3. The molecule has 40 heavy (non-hydrogen) atoms. The SMILES string of the molecule is CCN(CC)C(=O)c1cc(NC(=O)c2cccc(F)c2)ccc1N1CCCN(C(=O)Nc2ccccc2F)CC1. The van der Waals surface area contributed by atoms with Crippen molar-refractivity contribution in [3.63, 3.8) is 0 Å². The molecule has 1 heterocycles. The van der Waals surface area contributed by atoms with Crippen LogP contribution in [-0.4, -0.2) is 66.9 Å². The lowest BCUT2D eigenvalue weighted by Gasteiger charge is -2.28. The first-order valence-electron chi connectivity index (χ1n) is 13.4. The average Bonchev–Trinajstić information content (AvgIpc) is 3.21. The maximum atomic E-state index is 14.0. The summed E-state index contributed by atoms with van der Waals surface area (Å²) in [7, 11) is 0. The Labute approximate surface area is 232 Å². The van der Waals surface area contributed by atoms with Crippen molar-refractivity contribution in [1.29, 1.82) is 0 Å². The number of carbonyl (C=O) groups excluding carboxylic acids is 3. The molecule has 0 radical (unpaired) electrons. The summed E-state index contributed by atoms with van der Waals surface area (Å²) in [6.07, 6.45) is 0.641. The number of urea groups is 1. The molecule has 0 atom stereocenters. The van der Waals surface area contributed by atoms with Gasteiger partial charge in [-0.1, -0.05) is 18.2 Å². The van der Waals surface area contributed by atoms with E-state index < -0.39 is 17.5 Å². The van der Waals surface area contributed by atoms with E-state index in [9.17, 15) is 23.2 Å². The largest absolute Gasteiger partial charge is 0.369 e. The lowest BCUT2D eigenvalue weighted by Crippen LogP contribution is -2.38. The first kappa shape index (κ1) is 28.5. The summed E-state index contributed by atoms with van der Waals surface area (Å²) in [6, 6.07) is 16.1. The van der Waals surface area contributed by atoms with Crippen molar-refractivity contribution in [2.45, 2.75) is 20.3 Å². The molecule has 4 amide bonds. The lowest BCUT2D eigenvalue weighted by molar-refractivity contribution is 0.0773. The predicted octanol–water partition coefficient (Wildman–Crippen LogP) is 5.44. The molecule has 0 aliphatic carbocycles. The molecule has 3 aromatic carbocycles. The standard InChI is InChI=1S/C30H33F2N5O3/c1-3-35(4-2)29(39)24-20-23(33-28(38)21-9-7-10-22(31)19-21)13-14-27(24)36-15-8-16-37(18-17-36)30(40)34-26-12-6-5-11-25(26)32/h5-7,9-14,19-20H,3-4,8,15-18H2,1-2H3,(H,33,38)(H,34,40). The van der Waals surface area contributed by atoms with Crippen molar-refractivity contribution in [2.24, 2.45) is 0 Å². The Morgan fingerprint density at radius 1 is 0.850 bits per heavy atom. The molecule has 0 unspecified atom stereocenters. The number of para-hydroxylation sites is 1. The van der Waals surface area contributed by atoms with Crippen LogP contribution in [0.25, 0.3) is 0 Å². The van der Waals surface area contributed by atoms with Crippen LogP contribution in [0, 0.1) is 11.6 Å². The molecule has 1 aliphatic rings. The number of halogens is 2. The van der Waals surface area contributed by atoms with Crippen LogP contribution in [0.15, 0.2) is 66.7 Å². The number of carbonyl (C=O) groups is 3. The van der Waals surface area contributed by atoms with E-state index >= 15 is 0 Å². The van der Waals surface area contributed by atoms with Gasteiger partial charge in [-0.15, -0.1) is 0 Å². The van der Waals surface area contributed by atoms with Gasteiger partial charge in [0.05, 0.1) is 11.3 Å². The summed E-state index contributed by atoms with van der Waals surface area (Å²) in [5, 5.41) is 5.39. The van der Waals surface area contributed by atoms with Crippen LogP contribution in [0.5, 0.6) is 0 Å². The van der Waals surface area contributed by atoms with Gasteiger partial charge in [0.2, 0.25) is 0 Å². The Morgan fingerprint density at radius 3 is 2.35 bits per heavy atom. The van der Waals surface area contributed by atoms with Gasteiger partial charge in [-0.3, -0.25) is 9.59 Å². The van der Waals surface area contributed by atoms with Crippen molar-refractivity contribution in [2.75, 3.05) is 54.8 Å². The molecule has 0 spiro atoms. The zero-order chi connectivity index (χ0) is 28.6. The fourth-order valence-electron chi connectivity index (χ4n) is 4.69. The monoisotopic (exact) mass is 549 g/mol. The Kier molecular flexibility index (Phi) is 9.31. The maximum absolute atomic E-state index is 14.0. The molecule has 0 bridgehead atoms. The molecule has 1 fully saturated rings. The summed E-state index contributed by atoms with van der Waals surface area (Å²) in [5.41, 5.74) is 1.81. The van der Waals surface area contributed by atoms with Crippen LogP contribution in [0.3, 0.4) is 0 Å². The molecular weight excluding hydrogens is 516 g/mol. The minimum atomic E-state index is -0.516. The van der Waals surface area contributed by atoms with E-state index in [-0.39, 0.29) is 23.2 Å². The zero-order valence-electron chi connectivity index (χ0n) is 22.6. The van der Waals surface area contributed by atoms with E-state index in [4.69, 9.17) is 0 Å². The van der Waals surface area contributed by atoms with Gasteiger partial charge in [0.1, 0.15) is 11.6 Å². The zero-order valence-corrected chi connectivity index (χ0v) is 22.6. The Bertz CT molecular complexity index is 1380. The molecule has 3 aromatic rings. The first-order valence-corrected chi connectivity index (χ1v) is 13.4. The third-order valence-electron chi connectivity index (χ3n) is 6.86. The number of rotatable bonds is 7. The number of hydrogen-bond donors (Lipinski definition) is 2. The van der Waals surface area contributed by atoms with Crippen molar-refractivity contribution < 1.29 is 23.2 Å². The van der Waals surface area contributed by atoms with E-state index in [2.05, 4.69) is 10.6 Å². The Hall–Kier alpha value is -4.47. The van der Waals surface area contributed by atoms with Gasteiger partial charge in [0.25, 0.3) is 11.8 Å². The Morgan fingerprint density at radius 2 is 1.62 bits per heavy atom. The predicted molar refractivity (Wildman–Crippen MR) is 152 cm³/mol. The van der Waals surface area contributed by atoms with Crippen LogP contribution in [0.2, 0.25) is 0 Å². The van der Waals surface area contributed by atoms with Gasteiger partial charge in [0.15, 0.2) is 0 Å². The van der Waals surface area contributed by atoms with Crippen LogP contribution in [0.4, 0.5) is 30.6 Å². The normalized spacial score (nSPS) is 13.4. The molecule has 4 rings (SSSR count). The second-order valence-corrected chi connectivity index (χ2v) is 9.41. The maximum Gasteiger partial charge on any atom is 0.321 e. The van der Waals surface area contributed by atoms with Crippen molar-refractivity contribution in [3.8, 4) is 0 Å². The van der Waals surface area contributed by atoms with Crippen LogP contribution in [-0.2, 0) is 0 Å². The minimum absolute atomic E-state index is 0.122. The van der Waals surface area contributed by atoms with E-state index in [0.29, 0.717) is 62.6 Å². The van der Waals surface area contributed by atoms with E-state index in [1.54, 1.807) is 40.1 Å². The summed E-state index contributed by atoms with van der Waals surface area (Å²) >= 11 is 0. The highest BCUT2D eigenvalue weighted by molar-refractivity contribution is 6.06. The third kappa shape index (κ3) is 6.74. The summed E-state index contributed by atoms with van der Waals surface area (Å²) < 4.78 is 27.6. The fourth-order valence-corrected chi connectivity index (χ4v) is 4.69. The van der Waals surface area contributed by atoms with Gasteiger partial charge in [-0.05, 0) is 68.8 Å². The molecule has 1 aliphatic heterocycles. The fraction of sp³-hybridized carbons (Fsp3) is 0.300. The second-order valence-electron chi connectivity index (χ2n) is 9.41. The van der Waals surface area contributed by atoms with Crippen molar-refractivity contribution in [3.05, 3.63) is 89.5 Å². The van der Waals surface area contributed by atoms with Crippen LogP contribution < -0.4 is 15.5 Å². The van der Waals surface area contributed by atoms with E-state index in [1.807, 2.05) is 18.7 Å². The minimum Gasteiger partial charge on any atom is -0.369 e. The molecule has 210 valence electrons. The number of amides is 4. The number of hydrogen-bond acceptors (Lipinski definition) is 4. The molecule has 1 saturated heterocycles. The molecule has 8 nitrogen and oxygen atoms in total. The van der Waals surface area contributed by atoms with Gasteiger partial charge in [-0.2, -0.15) is 0 Å². The quantitative estimate of drug-likeness (QED) is 0.411. The highest BCUT2D eigenvalue weighted by Gasteiger charge is 2.25. The summed E-state index contributed by atoms with van der Waals surface area (Å²) in [5.74, 6) is -1.69. The average molecular weight is 550 g/mol. The number of benzene rings is 3. The van der Waals surface area contributed by atoms with Gasteiger partial charge < -0.3 is 25.3 Å². The first-order chi connectivity index (χ1) is 19.3. The molecule has 0 aromatic heterocycles. The van der Waals surface area contributed by atoms with E-state index in [0.717, 1.165) is 6.07 Å². The Balaban J connectivity index is 1.54. The van der Waals surface area contributed by atoms with Crippen molar-refractivity contribution in [1.82, 2.24) is 9.80 Å². The highest BCUT2D eigenvalue weighted by Crippen LogP contribution is 2.28. The second kappa shape index (κ2) is 13.1. The summed E-state index contributed by atoms with van der Waals surface area (Å²) in [4.78, 5) is 44.5. The van der Waals surface area contributed by atoms with E-state index in [1.165, 1.54) is 30.3 Å². The third-order valence-corrected chi connectivity index (χ3v) is 6.86. The van der Waals surface area contributed by atoms with Crippen LogP contribution in [0.1, 0.15) is 41.0 Å².